The van der Waals surface area contributed by atoms with Crippen LogP contribution in [-0.2, 0) is 9.59 Å². The molecule has 4 atom stereocenters. The number of carbonyl (C=O) groups is 2. The summed E-state index contributed by atoms with van der Waals surface area (Å²) in [5, 5.41) is 0. The van der Waals surface area contributed by atoms with E-state index in [4.69, 9.17) is 15.0 Å². The minimum atomic E-state index is -0.351. The van der Waals surface area contributed by atoms with Crippen LogP contribution in [-0.4, -0.2) is 97.6 Å². The van der Waals surface area contributed by atoms with Crippen molar-refractivity contribution in [2.45, 2.75) is 49.9 Å². The molecule has 4 unspecified atom stereocenters. The molecule has 3 aromatic heterocycles. The summed E-state index contributed by atoms with van der Waals surface area (Å²) in [6.45, 7) is 1.42. The lowest BCUT2D eigenvalue weighted by molar-refractivity contribution is -0.138. The van der Waals surface area contributed by atoms with Gasteiger partial charge in [0.05, 0.1) is 41.6 Å². The van der Waals surface area contributed by atoms with Gasteiger partial charge in [0.15, 0.2) is 0 Å². The third kappa shape index (κ3) is 7.39. The molecule has 56 heavy (non-hydrogen) atoms. The van der Waals surface area contributed by atoms with Crippen LogP contribution in [0.25, 0.3) is 33.8 Å². The number of likely N-dealkylation sites (N-methyl/N-ethyl adjacent to an activating group) is 2. The maximum absolute atomic E-state index is 13.9. The average molecular weight is 748 g/mol. The molecule has 0 spiro atoms. The number of rotatable bonds is 11. The first kappa shape index (κ1) is 37.0. The average Bonchev–Trinajstić information content (AvgIpc) is 4.06. The molecule has 11 heteroatoms. The van der Waals surface area contributed by atoms with E-state index in [1.165, 1.54) is 0 Å². The molecule has 2 saturated heterocycles. The zero-order chi connectivity index (χ0) is 38.8. The van der Waals surface area contributed by atoms with Gasteiger partial charge in [0.1, 0.15) is 23.7 Å². The maximum Gasteiger partial charge on any atom is 0.245 e. The molecule has 0 bridgehead atoms. The van der Waals surface area contributed by atoms with E-state index in [9.17, 15) is 9.59 Å². The number of benzene rings is 3. The number of imidazole rings is 2. The zero-order valence-corrected chi connectivity index (χ0v) is 32.5. The second-order valence-corrected chi connectivity index (χ2v) is 15.3. The van der Waals surface area contributed by atoms with E-state index >= 15 is 0 Å². The summed E-state index contributed by atoms with van der Waals surface area (Å²) in [5.41, 5.74) is 7.58. The summed E-state index contributed by atoms with van der Waals surface area (Å²) in [6, 6.07) is 31.4. The van der Waals surface area contributed by atoms with Crippen LogP contribution in [0.4, 0.5) is 0 Å². The molecule has 0 radical (unpaired) electrons. The summed E-state index contributed by atoms with van der Waals surface area (Å²) < 4.78 is 0. The SMILES string of the molecule is CN(C)C(C(=O)N1CCCC1c1ncc(-c2ccc(-c3ccc(-c4cnc(C5CCCN5C(=O)C(c5ccccc5)N(C)C)[nH]4)cn3)cc2)[nH]1)c1ccccc1. The van der Waals surface area contributed by atoms with Gasteiger partial charge in [-0.05, 0) is 82.7 Å². The second-order valence-electron chi connectivity index (χ2n) is 15.3. The molecule has 286 valence electrons. The van der Waals surface area contributed by atoms with Crippen molar-refractivity contribution in [3.05, 3.63) is 138 Å². The number of H-pyrrole nitrogens is 2. The first-order valence-corrected chi connectivity index (χ1v) is 19.5. The van der Waals surface area contributed by atoms with Crippen molar-refractivity contribution in [3.63, 3.8) is 0 Å². The summed E-state index contributed by atoms with van der Waals surface area (Å²) in [6.07, 6.45) is 9.18. The molecule has 2 N–H and O–H groups in total. The molecule has 11 nitrogen and oxygen atoms in total. The van der Waals surface area contributed by atoms with Gasteiger partial charge in [-0.3, -0.25) is 24.4 Å². The van der Waals surface area contributed by atoms with Crippen LogP contribution in [0, 0.1) is 0 Å². The first-order chi connectivity index (χ1) is 27.3. The third-order valence-corrected chi connectivity index (χ3v) is 11.2. The van der Waals surface area contributed by atoms with E-state index < -0.39 is 0 Å². The minimum absolute atomic E-state index is 0.0926. The molecule has 5 heterocycles. The van der Waals surface area contributed by atoms with E-state index in [2.05, 4.69) is 40.3 Å². The highest BCUT2D eigenvalue weighted by molar-refractivity contribution is 5.84. The smallest absolute Gasteiger partial charge is 0.245 e. The molecule has 8 rings (SSSR count). The van der Waals surface area contributed by atoms with E-state index in [1.807, 2.05) is 133 Å². The number of nitrogens with zero attached hydrogens (tertiary/aromatic N) is 7. The number of aromatic amines is 2. The van der Waals surface area contributed by atoms with E-state index in [0.717, 1.165) is 82.2 Å². The fourth-order valence-corrected chi connectivity index (χ4v) is 8.39. The maximum atomic E-state index is 13.9. The van der Waals surface area contributed by atoms with Crippen LogP contribution in [0.2, 0.25) is 0 Å². The lowest BCUT2D eigenvalue weighted by Gasteiger charge is -2.31. The molecule has 0 saturated carbocycles. The summed E-state index contributed by atoms with van der Waals surface area (Å²) in [4.78, 5) is 57.1. The molecule has 6 aromatic rings. The highest BCUT2D eigenvalue weighted by Gasteiger charge is 2.38. The van der Waals surface area contributed by atoms with Crippen molar-refractivity contribution in [1.82, 2.24) is 44.5 Å². The minimum Gasteiger partial charge on any atom is -0.340 e. The van der Waals surface area contributed by atoms with E-state index in [-0.39, 0.29) is 36.0 Å². The Balaban J connectivity index is 0.930. The quantitative estimate of drug-likeness (QED) is 0.141. The Kier molecular flexibility index (Phi) is 10.6. The van der Waals surface area contributed by atoms with Crippen LogP contribution in [0.3, 0.4) is 0 Å². The van der Waals surface area contributed by atoms with Crippen molar-refractivity contribution in [2.24, 2.45) is 0 Å². The zero-order valence-electron chi connectivity index (χ0n) is 32.5. The normalized spacial score (nSPS) is 18.2. The van der Waals surface area contributed by atoms with Gasteiger partial charge >= 0.3 is 0 Å². The first-order valence-electron chi connectivity index (χ1n) is 19.5. The van der Waals surface area contributed by atoms with Crippen LogP contribution in [0.15, 0.2) is 116 Å². The third-order valence-electron chi connectivity index (χ3n) is 11.2. The molecule has 2 fully saturated rings. The van der Waals surface area contributed by atoms with Gasteiger partial charge in [0, 0.05) is 30.4 Å². The van der Waals surface area contributed by atoms with Crippen LogP contribution in [0.1, 0.15) is 72.6 Å². The number of hydrogen-bond donors (Lipinski definition) is 2. The summed E-state index contributed by atoms with van der Waals surface area (Å²) in [7, 11) is 7.82. The number of amides is 2. The lowest BCUT2D eigenvalue weighted by Crippen LogP contribution is -2.40. The number of likely N-dealkylation sites (tertiary alicyclic amines) is 2. The van der Waals surface area contributed by atoms with E-state index in [1.54, 1.807) is 0 Å². The second kappa shape index (κ2) is 16.1. The van der Waals surface area contributed by atoms with Gasteiger partial charge < -0.3 is 19.8 Å². The van der Waals surface area contributed by atoms with Crippen molar-refractivity contribution in [2.75, 3.05) is 41.3 Å². The van der Waals surface area contributed by atoms with Gasteiger partial charge in [0.25, 0.3) is 0 Å². The predicted molar refractivity (Wildman–Crippen MR) is 218 cm³/mol. The van der Waals surface area contributed by atoms with Gasteiger partial charge in [-0.1, -0.05) is 84.9 Å². The van der Waals surface area contributed by atoms with Gasteiger partial charge in [-0.25, -0.2) is 9.97 Å². The van der Waals surface area contributed by atoms with Crippen LogP contribution in [0.5, 0.6) is 0 Å². The van der Waals surface area contributed by atoms with E-state index in [0.29, 0.717) is 13.1 Å². The largest absolute Gasteiger partial charge is 0.340 e. The Labute approximate surface area is 328 Å². The number of nitrogens with one attached hydrogen (secondary N) is 2. The van der Waals surface area contributed by atoms with Crippen LogP contribution >= 0.6 is 0 Å². The molecule has 2 aliphatic heterocycles. The molecule has 3 aromatic carbocycles. The van der Waals surface area contributed by atoms with Crippen molar-refractivity contribution in [1.29, 1.82) is 0 Å². The highest BCUT2D eigenvalue weighted by atomic mass is 16.2. The van der Waals surface area contributed by atoms with Gasteiger partial charge in [-0.15, -0.1) is 0 Å². The number of hydrogen-bond acceptors (Lipinski definition) is 7. The Bertz CT molecular complexity index is 2090. The molecular weight excluding hydrogens is 699 g/mol. The Morgan fingerprint density at radius 1 is 0.571 bits per heavy atom. The van der Waals surface area contributed by atoms with Crippen molar-refractivity contribution in [3.8, 4) is 33.8 Å². The molecule has 2 amide bonds. The molecule has 2 aliphatic rings. The number of carbonyl (C=O) groups excluding carboxylic acids is 2. The summed E-state index contributed by atoms with van der Waals surface area (Å²) in [5.74, 6) is 1.81. The number of aromatic nitrogens is 5. The van der Waals surface area contributed by atoms with Crippen molar-refractivity contribution >= 4 is 11.8 Å². The van der Waals surface area contributed by atoms with Crippen LogP contribution < -0.4 is 0 Å². The predicted octanol–water partition coefficient (Wildman–Crippen LogP) is 7.46. The Hall–Kier alpha value is -5.91. The fraction of sp³-hybridized carbons (Fsp3) is 0.311. The molecule has 0 aliphatic carbocycles. The summed E-state index contributed by atoms with van der Waals surface area (Å²) >= 11 is 0. The highest BCUT2D eigenvalue weighted by Crippen LogP contribution is 2.37. The van der Waals surface area contributed by atoms with Gasteiger partial charge in [-0.2, -0.15) is 0 Å². The van der Waals surface area contributed by atoms with Gasteiger partial charge in [0.2, 0.25) is 11.8 Å². The fourth-order valence-electron chi connectivity index (χ4n) is 8.39. The Morgan fingerprint density at radius 3 is 1.46 bits per heavy atom. The monoisotopic (exact) mass is 747 g/mol. The molecular formula is C45H49N9O2. The Morgan fingerprint density at radius 2 is 1.02 bits per heavy atom. The van der Waals surface area contributed by atoms with Crippen molar-refractivity contribution < 1.29 is 9.59 Å². The lowest BCUT2D eigenvalue weighted by atomic mass is 10.0. The number of pyridine rings is 1. The standard InChI is InChI=1S/C45H49N9O2/c1-51(2)40(32-13-7-5-8-14-32)44(55)53-25-11-17-38(53)42-47-28-36(49-42)31-21-19-30(20-22-31)35-24-23-34(27-46-35)37-29-48-43(50-37)39-18-12-26-54(39)45(56)41(52(3)4)33-15-9-6-10-16-33/h5-10,13-16,19-24,27-29,38-41H,11-12,17-18,25-26H2,1-4H3,(H,47,49)(H,48,50). The topological polar surface area (TPSA) is 117 Å².